The molecule has 2 rings (SSSR count). The van der Waals surface area contributed by atoms with Crippen LogP contribution in [-0.2, 0) is 4.79 Å². The molecule has 1 aromatic rings. The highest BCUT2D eigenvalue weighted by molar-refractivity contribution is 5.98. The number of hydrogen-bond donors (Lipinski definition) is 3. The molecule has 0 bridgehead atoms. The van der Waals surface area contributed by atoms with Gasteiger partial charge in [-0.1, -0.05) is 19.9 Å². The molecular formula is C16H24N4O2. The first-order valence-corrected chi connectivity index (χ1v) is 7.73. The SMILES string of the molecule is CCC(CC)(CN)C(=O)Nc1cccc(N2CCNC2=O)c1. The van der Waals surface area contributed by atoms with Gasteiger partial charge in [-0.3, -0.25) is 9.69 Å². The topological polar surface area (TPSA) is 87.5 Å². The Morgan fingerprint density at radius 3 is 2.68 bits per heavy atom. The zero-order valence-corrected chi connectivity index (χ0v) is 13.2. The molecule has 1 saturated heterocycles. The van der Waals surface area contributed by atoms with Crippen LogP contribution in [0, 0.1) is 5.41 Å². The Labute approximate surface area is 131 Å². The molecule has 22 heavy (non-hydrogen) atoms. The first kappa shape index (κ1) is 16.3. The molecule has 1 heterocycles. The molecule has 3 amide bonds. The van der Waals surface area contributed by atoms with Crippen LogP contribution < -0.4 is 21.3 Å². The molecule has 0 aliphatic carbocycles. The van der Waals surface area contributed by atoms with Crippen molar-refractivity contribution in [1.29, 1.82) is 0 Å². The van der Waals surface area contributed by atoms with Crippen molar-refractivity contribution < 1.29 is 9.59 Å². The van der Waals surface area contributed by atoms with Gasteiger partial charge in [-0.05, 0) is 31.0 Å². The summed E-state index contributed by atoms with van der Waals surface area (Å²) in [5.74, 6) is -0.0666. The maximum atomic E-state index is 12.5. The molecule has 1 aliphatic heterocycles. The van der Waals surface area contributed by atoms with E-state index in [1.165, 1.54) is 0 Å². The number of urea groups is 1. The van der Waals surface area contributed by atoms with E-state index in [2.05, 4.69) is 10.6 Å². The molecule has 1 aromatic carbocycles. The minimum atomic E-state index is -0.541. The molecule has 0 aromatic heterocycles. The molecule has 0 radical (unpaired) electrons. The van der Waals surface area contributed by atoms with Crippen molar-refractivity contribution in [3.63, 3.8) is 0 Å². The van der Waals surface area contributed by atoms with Crippen LogP contribution in [0.25, 0.3) is 0 Å². The summed E-state index contributed by atoms with van der Waals surface area (Å²) in [6, 6.07) is 7.22. The Morgan fingerprint density at radius 2 is 2.14 bits per heavy atom. The molecule has 6 nitrogen and oxygen atoms in total. The highest BCUT2D eigenvalue weighted by atomic mass is 16.2. The van der Waals surface area contributed by atoms with Crippen molar-refractivity contribution in [3.8, 4) is 0 Å². The molecule has 6 heteroatoms. The second-order valence-electron chi connectivity index (χ2n) is 5.58. The number of amides is 3. The van der Waals surface area contributed by atoms with Crippen molar-refractivity contribution >= 4 is 23.3 Å². The lowest BCUT2D eigenvalue weighted by Gasteiger charge is -2.28. The van der Waals surface area contributed by atoms with Gasteiger partial charge in [0.05, 0.1) is 5.41 Å². The van der Waals surface area contributed by atoms with Crippen molar-refractivity contribution in [2.75, 3.05) is 29.9 Å². The normalized spacial score (nSPS) is 14.9. The third kappa shape index (κ3) is 3.06. The van der Waals surface area contributed by atoms with Gasteiger partial charge in [-0.2, -0.15) is 0 Å². The number of carbonyl (C=O) groups is 2. The molecular weight excluding hydrogens is 280 g/mol. The molecule has 1 fully saturated rings. The van der Waals surface area contributed by atoms with Crippen LogP contribution >= 0.6 is 0 Å². The van der Waals surface area contributed by atoms with Gasteiger partial charge in [-0.25, -0.2) is 4.79 Å². The molecule has 1 aliphatic rings. The fourth-order valence-corrected chi connectivity index (χ4v) is 2.69. The van der Waals surface area contributed by atoms with Crippen LogP contribution in [0.1, 0.15) is 26.7 Å². The quantitative estimate of drug-likeness (QED) is 0.750. The largest absolute Gasteiger partial charge is 0.336 e. The van der Waals surface area contributed by atoms with E-state index in [1.54, 1.807) is 4.90 Å². The van der Waals surface area contributed by atoms with Gasteiger partial charge in [0.15, 0.2) is 0 Å². The number of carbonyl (C=O) groups excluding carboxylic acids is 2. The van der Waals surface area contributed by atoms with Gasteiger partial charge in [0.2, 0.25) is 5.91 Å². The number of nitrogens with one attached hydrogen (secondary N) is 2. The van der Waals surface area contributed by atoms with Crippen molar-refractivity contribution in [3.05, 3.63) is 24.3 Å². The van der Waals surface area contributed by atoms with E-state index in [-0.39, 0.29) is 11.9 Å². The summed E-state index contributed by atoms with van der Waals surface area (Å²) in [5.41, 5.74) is 6.73. The zero-order valence-electron chi connectivity index (χ0n) is 13.2. The van der Waals surface area contributed by atoms with Crippen LogP contribution in [-0.4, -0.2) is 31.6 Å². The predicted octanol–water partition coefficient (Wildman–Crippen LogP) is 1.92. The Balaban J connectivity index is 2.16. The number of hydrogen-bond acceptors (Lipinski definition) is 3. The number of anilines is 2. The third-order valence-corrected chi connectivity index (χ3v) is 4.50. The van der Waals surface area contributed by atoms with E-state index in [9.17, 15) is 9.59 Å². The summed E-state index contributed by atoms with van der Waals surface area (Å²) < 4.78 is 0. The van der Waals surface area contributed by atoms with Crippen LogP contribution in [0.5, 0.6) is 0 Å². The summed E-state index contributed by atoms with van der Waals surface area (Å²) in [7, 11) is 0. The summed E-state index contributed by atoms with van der Waals surface area (Å²) >= 11 is 0. The molecule has 0 spiro atoms. The molecule has 4 N–H and O–H groups in total. The van der Waals surface area contributed by atoms with Crippen LogP contribution in [0.15, 0.2) is 24.3 Å². The van der Waals surface area contributed by atoms with Gasteiger partial charge in [-0.15, -0.1) is 0 Å². The van der Waals surface area contributed by atoms with Crippen molar-refractivity contribution in [1.82, 2.24) is 5.32 Å². The maximum absolute atomic E-state index is 12.5. The van der Waals surface area contributed by atoms with Gasteiger partial charge < -0.3 is 16.4 Å². The minimum absolute atomic E-state index is 0.0666. The van der Waals surface area contributed by atoms with E-state index in [0.717, 1.165) is 5.69 Å². The third-order valence-electron chi connectivity index (χ3n) is 4.50. The average Bonchev–Trinajstić information content (AvgIpc) is 2.96. The summed E-state index contributed by atoms with van der Waals surface area (Å²) in [5, 5.41) is 5.70. The fourth-order valence-electron chi connectivity index (χ4n) is 2.69. The molecule has 0 unspecified atom stereocenters. The van der Waals surface area contributed by atoms with Gasteiger partial charge >= 0.3 is 6.03 Å². The van der Waals surface area contributed by atoms with E-state index in [1.807, 2.05) is 38.1 Å². The number of rotatable bonds is 6. The standard InChI is InChI=1S/C16H24N4O2/c1-3-16(4-2,11-17)14(21)19-12-6-5-7-13(10-12)20-9-8-18-15(20)22/h5-7,10H,3-4,8-9,11,17H2,1-2H3,(H,18,22)(H,19,21). The van der Waals surface area contributed by atoms with E-state index in [4.69, 9.17) is 5.73 Å². The van der Waals surface area contributed by atoms with E-state index in [0.29, 0.717) is 38.2 Å². The van der Waals surface area contributed by atoms with Gasteiger partial charge in [0.25, 0.3) is 0 Å². The first-order chi connectivity index (χ1) is 10.6. The lowest BCUT2D eigenvalue weighted by molar-refractivity contribution is -0.125. The minimum Gasteiger partial charge on any atom is -0.336 e. The Bertz CT molecular complexity index is 547. The average molecular weight is 304 g/mol. The lowest BCUT2D eigenvalue weighted by atomic mass is 9.81. The Morgan fingerprint density at radius 1 is 1.41 bits per heavy atom. The molecule has 0 saturated carbocycles. The van der Waals surface area contributed by atoms with Crippen molar-refractivity contribution in [2.45, 2.75) is 26.7 Å². The molecule has 120 valence electrons. The fraction of sp³-hybridized carbons (Fsp3) is 0.500. The van der Waals surface area contributed by atoms with Crippen LogP contribution in [0.3, 0.4) is 0 Å². The highest BCUT2D eigenvalue weighted by Gasteiger charge is 2.33. The molecule has 0 atom stereocenters. The number of nitrogens with zero attached hydrogens (tertiary/aromatic N) is 1. The maximum Gasteiger partial charge on any atom is 0.321 e. The van der Waals surface area contributed by atoms with Crippen molar-refractivity contribution in [2.24, 2.45) is 11.1 Å². The predicted molar refractivity (Wildman–Crippen MR) is 87.9 cm³/mol. The van der Waals surface area contributed by atoms with E-state index >= 15 is 0 Å². The number of benzene rings is 1. The van der Waals surface area contributed by atoms with Gasteiger partial charge in [0.1, 0.15) is 0 Å². The van der Waals surface area contributed by atoms with Gasteiger partial charge in [0, 0.05) is 31.0 Å². The highest BCUT2D eigenvalue weighted by Crippen LogP contribution is 2.28. The summed E-state index contributed by atoms with van der Waals surface area (Å²) in [6.07, 6.45) is 1.39. The second-order valence-corrected chi connectivity index (χ2v) is 5.58. The summed E-state index contributed by atoms with van der Waals surface area (Å²) in [6.45, 7) is 5.53. The number of nitrogens with two attached hydrogens (primary N) is 1. The monoisotopic (exact) mass is 304 g/mol. The Kier molecular flexibility index (Phi) is 5.03. The smallest absolute Gasteiger partial charge is 0.321 e. The van der Waals surface area contributed by atoms with Crippen LogP contribution in [0.2, 0.25) is 0 Å². The second kappa shape index (κ2) is 6.79. The van der Waals surface area contributed by atoms with E-state index < -0.39 is 5.41 Å². The Hall–Kier alpha value is -2.08. The van der Waals surface area contributed by atoms with Crippen LogP contribution in [0.4, 0.5) is 16.2 Å². The zero-order chi connectivity index (χ0) is 16.2. The summed E-state index contributed by atoms with van der Waals surface area (Å²) in [4.78, 5) is 25.9. The first-order valence-electron chi connectivity index (χ1n) is 7.73. The lowest BCUT2D eigenvalue weighted by Crippen LogP contribution is -2.41.